The van der Waals surface area contributed by atoms with Gasteiger partial charge in [0.2, 0.25) is 0 Å². The first-order valence-electron chi connectivity index (χ1n) is 6.13. The molecule has 1 aromatic rings. The highest BCUT2D eigenvalue weighted by Crippen LogP contribution is 2.42. The van der Waals surface area contributed by atoms with E-state index in [1.54, 1.807) is 13.8 Å². The number of hydrogen-bond acceptors (Lipinski definition) is 4. The summed E-state index contributed by atoms with van der Waals surface area (Å²) in [4.78, 5) is 12.6. The largest absolute Gasteiger partial charge is 0.472 e. The molecule has 0 aliphatic rings. The molecule has 0 saturated heterocycles. The molecule has 0 aliphatic carbocycles. The molecule has 1 heterocycles. The number of nitrogens with zero attached hydrogens (tertiary/aromatic N) is 2. The van der Waals surface area contributed by atoms with E-state index in [1.165, 1.54) is 12.8 Å². The maximum atomic E-state index is 10.5. The molecule has 0 aliphatic heterocycles. The van der Waals surface area contributed by atoms with Crippen molar-refractivity contribution >= 4 is 7.82 Å². The minimum absolute atomic E-state index is 0.188. The zero-order valence-corrected chi connectivity index (χ0v) is 12.2. The van der Waals surface area contributed by atoms with Crippen molar-refractivity contribution in [3.63, 3.8) is 0 Å². The van der Waals surface area contributed by atoms with Gasteiger partial charge in [-0.15, -0.1) is 0 Å². The monoisotopic (exact) mass is 278 g/mol. The van der Waals surface area contributed by atoms with Gasteiger partial charge in [0.25, 0.3) is 0 Å². The van der Waals surface area contributed by atoms with Gasteiger partial charge in [0, 0.05) is 18.9 Å². The van der Waals surface area contributed by atoms with Crippen LogP contribution in [0.1, 0.15) is 33.6 Å². The lowest BCUT2D eigenvalue weighted by atomic mass is 10.3. The number of phosphoric acid groups is 1. The predicted octanol–water partition coefficient (Wildman–Crippen LogP) is 2.84. The molecule has 0 spiro atoms. The molecule has 1 N–H and O–H groups in total. The van der Waals surface area contributed by atoms with Gasteiger partial charge < -0.3 is 9.46 Å². The minimum atomic E-state index is -3.69. The first-order chi connectivity index (χ1) is 8.55. The molecule has 106 valence electrons. The summed E-state index contributed by atoms with van der Waals surface area (Å²) in [5.41, 5.74) is 0. The van der Waals surface area contributed by atoms with Gasteiger partial charge in [0.1, 0.15) is 0 Å². The highest BCUT2D eigenvalue weighted by Gasteiger charge is 2.17. The molecule has 18 heavy (non-hydrogen) atoms. The Morgan fingerprint density at radius 2 is 1.89 bits per heavy atom. The minimum Gasteiger partial charge on any atom is -0.337 e. The van der Waals surface area contributed by atoms with Crippen molar-refractivity contribution in [3.8, 4) is 0 Å². The summed E-state index contributed by atoms with van der Waals surface area (Å²) in [6.45, 7) is 6.93. The lowest BCUT2D eigenvalue weighted by molar-refractivity contribution is 0.161. The molecule has 0 saturated carbocycles. The van der Waals surface area contributed by atoms with Gasteiger partial charge in [-0.1, -0.05) is 13.3 Å². The van der Waals surface area contributed by atoms with Gasteiger partial charge >= 0.3 is 7.82 Å². The topological polar surface area (TPSA) is 73.6 Å². The first-order valence-corrected chi connectivity index (χ1v) is 7.62. The van der Waals surface area contributed by atoms with Crippen LogP contribution in [0, 0.1) is 0 Å². The smallest absolute Gasteiger partial charge is 0.337 e. The van der Waals surface area contributed by atoms with Crippen molar-refractivity contribution in [1.29, 1.82) is 0 Å². The third-order valence-electron chi connectivity index (χ3n) is 1.91. The van der Waals surface area contributed by atoms with Gasteiger partial charge in [0.05, 0.1) is 19.5 Å². The van der Waals surface area contributed by atoms with Crippen molar-refractivity contribution in [3.05, 3.63) is 18.7 Å². The Labute approximate surface area is 109 Å². The first kappa shape index (κ1) is 17.3. The van der Waals surface area contributed by atoms with Gasteiger partial charge in [-0.3, -0.25) is 9.05 Å². The van der Waals surface area contributed by atoms with Gasteiger partial charge in [-0.2, -0.15) is 0 Å². The number of rotatable bonds is 7. The summed E-state index contributed by atoms with van der Waals surface area (Å²) in [7, 11) is -3.69. The molecule has 6 nitrogen and oxygen atoms in total. The number of aryl methyl sites for hydroxylation is 1. The van der Waals surface area contributed by atoms with Crippen LogP contribution in [0.25, 0.3) is 0 Å². The molecular formula is C11H23N2O4P. The van der Waals surface area contributed by atoms with Gasteiger partial charge in [0.15, 0.2) is 0 Å². The van der Waals surface area contributed by atoms with E-state index in [9.17, 15) is 4.57 Å². The molecule has 0 radical (unpaired) electrons. The van der Waals surface area contributed by atoms with Crippen LogP contribution < -0.4 is 0 Å². The summed E-state index contributed by atoms with van der Waals surface area (Å²) >= 11 is 0. The Balaban J connectivity index is 0.000000321. The quantitative estimate of drug-likeness (QED) is 0.776. The van der Waals surface area contributed by atoms with Crippen molar-refractivity contribution in [2.75, 3.05) is 13.2 Å². The summed E-state index contributed by atoms with van der Waals surface area (Å²) in [6.07, 6.45) is 8.16. The summed E-state index contributed by atoms with van der Waals surface area (Å²) in [6, 6.07) is 0. The predicted molar refractivity (Wildman–Crippen MR) is 70.2 cm³/mol. The number of unbranched alkanes of at least 4 members (excludes halogenated alkanes) is 1. The maximum absolute atomic E-state index is 10.5. The van der Waals surface area contributed by atoms with E-state index in [4.69, 9.17) is 4.89 Å². The lowest BCUT2D eigenvalue weighted by Crippen LogP contribution is -1.93. The fourth-order valence-electron chi connectivity index (χ4n) is 1.12. The van der Waals surface area contributed by atoms with Crippen LogP contribution in [-0.4, -0.2) is 27.7 Å². The molecule has 0 fully saturated rings. The Kier molecular flexibility index (Phi) is 9.87. The highest BCUT2D eigenvalue weighted by molar-refractivity contribution is 7.47. The fourth-order valence-corrected chi connectivity index (χ4v) is 1.85. The molecule has 7 heteroatoms. The van der Waals surface area contributed by atoms with Crippen LogP contribution in [0.3, 0.4) is 0 Å². The van der Waals surface area contributed by atoms with E-state index in [-0.39, 0.29) is 13.2 Å². The van der Waals surface area contributed by atoms with Crippen molar-refractivity contribution in [2.45, 2.75) is 40.2 Å². The molecule has 0 aromatic carbocycles. The number of phosphoric ester groups is 1. The van der Waals surface area contributed by atoms with E-state index in [2.05, 4.69) is 25.5 Å². The Morgan fingerprint density at radius 1 is 1.28 bits per heavy atom. The van der Waals surface area contributed by atoms with Gasteiger partial charge in [-0.05, 0) is 20.3 Å². The number of aromatic nitrogens is 2. The average molecular weight is 278 g/mol. The normalized spacial score (nSPS) is 10.9. The van der Waals surface area contributed by atoms with Crippen LogP contribution in [0.2, 0.25) is 0 Å². The third-order valence-corrected chi connectivity index (χ3v) is 3.08. The van der Waals surface area contributed by atoms with Crippen molar-refractivity contribution in [1.82, 2.24) is 9.55 Å². The summed E-state index contributed by atoms with van der Waals surface area (Å²) in [5, 5.41) is 0. The zero-order chi connectivity index (χ0) is 13.9. The standard InChI is InChI=1S/C7H12N2.C4H11O4P/c1-2-3-5-9-6-4-8-7-9;1-3-7-9(5,6)8-4-2/h4,6-7H,2-3,5H2,1H3;3-4H2,1-2H3,(H,5,6). The summed E-state index contributed by atoms with van der Waals surface area (Å²) in [5.74, 6) is 0. The van der Waals surface area contributed by atoms with E-state index >= 15 is 0 Å². The second-order valence-electron chi connectivity index (χ2n) is 3.46. The van der Waals surface area contributed by atoms with E-state index in [0.717, 1.165) is 6.54 Å². The fraction of sp³-hybridized carbons (Fsp3) is 0.727. The summed E-state index contributed by atoms with van der Waals surface area (Å²) < 4.78 is 21.3. The van der Waals surface area contributed by atoms with Crippen LogP contribution >= 0.6 is 7.82 Å². The Hall–Kier alpha value is -0.680. The maximum Gasteiger partial charge on any atom is 0.472 e. The SMILES string of the molecule is CCCCn1ccnc1.CCOP(=O)(O)OCC. The van der Waals surface area contributed by atoms with Crippen LogP contribution in [0.4, 0.5) is 0 Å². The Morgan fingerprint density at radius 3 is 2.28 bits per heavy atom. The second kappa shape index (κ2) is 10.3. The van der Waals surface area contributed by atoms with E-state index in [1.807, 2.05) is 18.7 Å². The van der Waals surface area contributed by atoms with Crippen molar-refractivity contribution in [2.24, 2.45) is 0 Å². The third kappa shape index (κ3) is 9.36. The molecule has 0 amide bonds. The molecule has 0 unspecified atom stereocenters. The molecular weight excluding hydrogens is 255 g/mol. The second-order valence-corrected chi connectivity index (χ2v) is 4.91. The molecule has 1 aromatic heterocycles. The number of imidazole rings is 1. The van der Waals surface area contributed by atoms with Crippen LogP contribution in [0.5, 0.6) is 0 Å². The van der Waals surface area contributed by atoms with Gasteiger partial charge in [-0.25, -0.2) is 9.55 Å². The number of hydrogen-bond donors (Lipinski definition) is 1. The van der Waals surface area contributed by atoms with E-state index in [0.29, 0.717) is 0 Å². The lowest BCUT2D eigenvalue weighted by Gasteiger charge is -2.07. The van der Waals surface area contributed by atoms with E-state index < -0.39 is 7.82 Å². The highest BCUT2D eigenvalue weighted by atomic mass is 31.2. The zero-order valence-electron chi connectivity index (χ0n) is 11.3. The Bertz CT molecular complexity index is 320. The van der Waals surface area contributed by atoms with Crippen molar-refractivity contribution < 1.29 is 18.5 Å². The van der Waals surface area contributed by atoms with Crippen LogP contribution in [0.15, 0.2) is 18.7 Å². The molecule has 1 rings (SSSR count). The molecule has 0 atom stereocenters. The molecule has 0 bridgehead atoms. The average Bonchev–Trinajstić information content (AvgIpc) is 2.79. The van der Waals surface area contributed by atoms with Crippen LogP contribution in [-0.2, 0) is 20.2 Å².